The van der Waals surface area contributed by atoms with Crippen LogP contribution in [0.3, 0.4) is 0 Å². The number of nitrogens with zero attached hydrogens (tertiary/aromatic N) is 3. The summed E-state index contributed by atoms with van der Waals surface area (Å²) >= 11 is 3.59. The Bertz CT molecular complexity index is 877. The van der Waals surface area contributed by atoms with Crippen LogP contribution < -0.4 is 10.6 Å². The Kier molecular flexibility index (Phi) is 9.12. The van der Waals surface area contributed by atoms with Crippen LogP contribution in [0.15, 0.2) is 16.6 Å². The molecule has 0 spiro atoms. The zero-order valence-electron chi connectivity index (χ0n) is 19.2. The summed E-state index contributed by atoms with van der Waals surface area (Å²) in [6.07, 6.45) is 4.46. The summed E-state index contributed by atoms with van der Waals surface area (Å²) in [5, 5.41) is 14.9. The Morgan fingerprint density at radius 3 is 2.84 bits per heavy atom. The second kappa shape index (κ2) is 11.8. The lowest BCUT2D eigenvalue weighted by Gasteiger charge is -2.22. The smallest absolute Gasteiger partial charge is 0.407 e. The third kappa shape index (κ3) is 7.60. The van der Waals surface area contributed by atoms with Gasteiger partial charge in [0.05, 0.1) is 17.8 Å². The number of ether oxygens (including phenoxy) is 3. The average molecular weight is 512 g/mol. The van der Waals surface area contributed by atoms with Crippen molar-refractivity contribution in [2.45, 2.75) is 64.7 Å². The minimum atomic E-state index is -0.474. The second-order valence-corrected chi connectivity index (χ2v) is 9.77. The molecule has 1 atom stereocenters. The van der Waals surface area contributed by atoms with Gasteiger partial charge < -0.3 is 24.8 Å². The number of fused-ring (bicyclic) bond motifs is 1. The summed E-state index contributed by atoms with van der Waals surface area (Å²) in [5.74, 6) is 0. The Morgan fingerprint density at radius 2 is 2.09 bits per heavy atom. The monoisotopic (exact) mass is 511 g/mol. The van der Waals surface area contributed by atoms with E-state index in [9.17, 15) is 4.79 Å². The Labute approximate surface area is 197 Å². The van der Waals surface area contributed by atoms with Crippen molar-refractivity contribution in [2.75, 3.05) is 38.2 Å². The molecule has 2 heterocycles. The van der Waals surface area contributed by atoms with Gasteiger partial charge in [-0.05, 0) is 65.0 Å². The molecule has 0 saturated carbocycles. The maximum absolute atomic E-state index is 11.6. The number of halogens is 1. The van der Waals surface area contributed by atoms with E-state index in [2.05, 4.69) is 36.9 Å². The van der Waals surface area contributed by atoms with Crippen LogP contribution in [-0.4, -0.2) is 59.6 Å². The zero-order chi connectivity index (χ0) is 23.0. The number of unbranched alkanes of at least 4 members (excludes halogenated alkanes) is 1. The number of nitrogens with one attached hydrogen (secondary N) is 2. The second-order valence-electron chi connectivity index (χ2n) is 8.85. The molecule has 9 nitrogen and oxygen atoms in total. The van der Waals surface area contributed by atoms with Gasteiger partial charge in [0.25, 0.3) is 0 Å². The highest BCUT2D eigenvalue weighted by Crippen LogP contribution is 2.30. The molecule has 2 aromatic rings. The Morgan fingerprint density at radius 1 is 1.25 bits per heavy atom. The number of carbonyl (C=O) groups is 1. The number of rotatable bonds is 10. The van der Waals surface area contributed by atoms with Gasteiger partial charge >= 0.3 is 6.09 Å². The third-order valence-corrected chi connectivity index (χ3v) is 5.37. The van der Waals surface area contributed by atoms with Crippen LogP contribution in [0.25, 0.3) is 11.0 Å². The fourth-order valence-electron chi connectivity index (χ4n) is 3.46. The number of anilines is 1. The number of hydrogen-bond acceptors (Lipinski definition) is 7. The first-order chi connectivity index (χ1) is 15.3. The van der Waals surface area contributed by atoms with Crippen molar-refractivity contribution in [1.29, 1.82) is 0 Å². The van der Waals surface area contributed by atoms with E-state index in [1.165, 1.54) is 0 Å². The van der Waals surface area contributed by atoms with Crippen LogP contribution in [0.4, 0.5) is 10.5 Å². The number of carbonyl (C=O) groups excluding carboxylic acids is 1. The molecule has 10 heteroatoms. The van der Waals surface area contributed by atoms with Crippen molar-refractivity contribution in [2.24, 2.45) is 0 Å². The maximum Gasteiger partial charge on any atom is 0.407 e. The van der Waals surface area contributed by atoms with E-state index in [1.807, 2.05) is 37.6 Å². The zero-order valence-corrected chi connectivity index (χ0v) is 20.7. The van der Waals surface area contributed by atoms with Crippen molar-refractivity contribution in [3.05, 3.63) is 16.6 Å². The number of hydrogen-bond donors (Lipinski definition) is 2. The molecule has 1 amide bonds. The molecule has 1 aliphatic heterocycles. The van der Waals surface area contributed by atoms with Gasteiger partial charge in [0.2, 0.25) is 0 Å². The lowest BCUT2D eigenvalue weighted by Crippen LogP contribution is -2.33. The van der Waals surface area contributed by atoms with E-state index in [1.54, 1.807) is 0 Å². The molecule has 178 valence electrons. The molecule has 1 aromatic heterocycles. The van der Waals surface area contributed by atoms with Gasteiger partial charge in [-0.25, -0.2) is 9.48 Å². The molecule has 0 radical (unpaired) electrons. The molecule has 1 fully saturated rings. The quantitative estimate of drug-likeness (QED) is 0.448. The fraction of sp³-hybridized carbons (Fsp3) is 0.682. The van der Waals surface area contributed by atoms with Crippen molar-refractivity contribution in [1.82, 2.24) is 20.3 Å². The summed E-state index contributed by atoms with van der Waals surface area (Å²) in [5.41, 5.74) is 2.22. The lowest BCUT2D eigenvalue weighted by atomic mass is 10.2. The molecular weight excluding hydrogens is 478 g/mol. The predicted octanol–water partition coefficient (Wildman–Crippen LogP) is 4.63. The highest BCUT2D eigenvalue weighted by atomic mass is 79.9. The molecule has 0 aliphatic carbocycles. The molecule has 1 unspecified atom stereocenters. The van der Waals surface area contributed by atoms with Crippen molar-refractivity contribution < 1.29 is 19.0 Å². The number of amides is 1. The molecule has 2 N–H and O–H groups in total. The summed E-state index contributed by atoms with van der Waals surface area (Å²) < 4.78 is 19.6. The standard InChI is InChI=1S/C22H34BrN5O4/c1-22(2,3)32-21(29)25-9-5-7-11-30-13-10-24-17-14-16(23)15-18-20(17)26-27-28(18)19-8-4-6-12-31-19/h14-15,19,24H,4-13H2,1-3H3,(H,25,29). The van der Waals surface area contributed by atoms with Crippen molar-refractivity contribution in [3.8, 4) is 0 Å². The van der Waals surface area contributed by atoms with E-state index in [0.29, 0.717) is 26.3 Å². The van der Waals surface area contributed by atoms with E-state index in [4.69, 9.17) is 14.2 Å². The van der Waals surface area contributed by atoms with Crippen LogP contribution in [-0.2, 0) is 14.2 Å². The summed E-state index contributed by atoms with van der Waals surface area (Å²) in [6, 6.07) is 4.03. The summed E-state index contributed by atoms with van der Waals surface area (Å²) in [4.78, 5) is 11.6. The van der Waals surface area contributed by atoms with Gasteiger partial charge in [-0.1, -0.05) is 21.1 Å². The van der Waals surface area contributed by atoms with Crippen LogP contribution in [0.1, 0.15) is 59.1 Å². The van der Waals surface area contributed by atoms with Gasteiger partial charge in [-0.2, -0.15) is 0 Å². The van der Waals surface area contributed by atoms with E-state index in [0.717, 1.165) is 59.9 Å². The molecule has 32 heavy (non-hydrogen) atoms. The number of benzene rings is 1. The minimum Gasteiger partial charge on any atom is -0.444 e. The first-order valence-electron chi connectivity index (χ1n) is 11.3. The highest BCUT2D eigenvalue weighted by Gasteiger charge is 2.21. The molecule has 1 aromatic carbocycles. The normalized spacial score (nSPS) is 16.8. The first-order valence-corrected chi connectivity index (χ1v) is 12.1. The average Bonchev–Trinajstić information content (AvgIpc) is 3.15. The maximum atomic E-state index is 11.6. The van der Waals surface area contributed by atoms with Crippen molar-refractivity contribution >= 4 is 38.7 Å². The van der Waals surface area contributed by atoms with Crippen LogP contribution >= 0.6 is 15.9 Å². The molecule has 3 rings (SSSR count). The van der Waals surface area contributed by atoms with Crippen LogP contribution in [0.5, 0.6) is 0 Å². The van der Waals surface area contributed by atoms with Crippen LogP contribution in [0.2, 0.25) is 0 Å². The van der Waals surface area contributed by atoms with Gasteiger partial charge in [0, 0.05) is 30.8 Å². The summed E-state index contributed by atoms with van der Waals surface area (Å²) in [6.45, 7) is 8.76. The number of aromatic nitrogens is 3. The third-order valence-electron chi connectivity index (χ3n) is 4.92. The lowest BCUT2D eigenvalue weighted by molar-refractivity contribution is -0.0377. The van der Waals surface area contributed by atoms with E-state index in [-0.39, 0.29) is 12.3 Å². The Balaban J connectivity index is 1.37. The topological polar surface area (TPSA) is 99.5 Å². The van der Waals surface area contributed by atoms with E-state index < -0.39 is 5.60 Å². The fourth-order valence-corrected chi connectivity index (χ4v) is 3.91. The van der Waals surface area contributed by atoms with Gasteiger partial charge in [-0.3, -0.25) is 0 Å². The van der Waals surface area contributed by atoms with Crippen LogP contribution in [0, 0.1) is 0 Å². The Hall–Kier alpha value is -1.91. The molecule has 1 aliphatic rings. The first kappa shape index (κ1) is 24.7. The molecule has 0 bridgehead atoms. The SMILES string of the molecule is CC(C)(C)OC(=O)NCCCCOCCNc1cc(Br)cc2c1nnn2C1CCCCO1. The van der Waals surface area contributed by atoms with Gasteiger partial charge in [0.15, 0.2) is 6.23 Å². The van der Waals surface area contributed by atoms with E-state index >= 15 is 0 Å². The minimum absolute atomic E-state index is 0.0518. The highest BCUT2D eigenvalue weighted by molar-refractivity contribution is 9.10. The van der Waals surface area contributed by atoms with Gasteiger partial charge in [-0.15, -0.1) is 5.10 Å². The van der Waals surface area contributed by atoms with Gasteiger partial charge in [0.1, 0.15) is 11.1 Å². The number of alkyl carbamates (subject to hydrolysis) is 1. The molecule has 1 saturated heterocycles. The summed E-state index contributed by atoms with van der Waals surface area (Å²) in [7, 11) is 0. The largest absolute Gasteiger partial charge is 0.444 e. The van der Waals surface area contributed by atoms with Crippen molar-refractivity contribution in [3.63, 3.8) is 0 Å². The predicted molar refractivity (Wildman–Crippen MR) is 127 cm³/mol. The molecular formula is C22H34BrN5O4.